The number of para-hydroxylation sites is 2. The van der Waals surface area contributed by atoms with E-state index < -0.39 is 0 Å². The van der Waals surface area contributed by atoms with E-state index in [1.807, 2.05) is 80.1 Å². The SMILES string of the molecule is CN(CC(CCN1CCC(N(Cc2ccncc2)c2nc3ccccc3[nH]2)CC1)c1ccc(F)cc1)C(=O)c1ccccc1. The molecule has 7 nitrogen and oxygen atoms in total. The molecule has 1 unspecified atom stereocenters. The van der Waals surface area contributed by atoms with E-state index in [9.17, 15) is 9.18 Å². The van der Waals surface area contributed by atoms with Gasteiger partial charge in [0.05, 0.1) is 11.0 Å². The Kier molecular flexibility index (Phi) is 9.27. The lowest BCUT2D eigenvalue weighted by Crippen LogP contribution is -2.45. The number of nitrogens with one attached hydrogen (secondary N) is 1. The molecule has 8 heteroatoms. The lowest BCUT2D eigenvalue weighted by molar-refractivity contribution is 0.0781. The van der Waals surface area contributed by atoms with E-state index in [0.717, 1.165) is 68.0 Å². The van der Waals surface area contributed by atoms with E-state index in [1.54, 1.807) is 4.90 Å². The highest BCUT2D eigenvalue weighted by atomic mass is 19.1. The number of hydrogen-bond acceptors (Lipinski definition) is 5. The van der Waals surface area contributed by atoms with Gasteiger partial charge in [0, 0.05) is 63.1 Å². The monoisotopic (exact) mass is 590 g/mol. The van der Waals surface area contributed by atoms with E-state index in [-0.39, 0.29) is 17.6 Å². The van der Waals surface area contributed by atoms with Crippen LogP contribution < -0.4 is 4.90 Å². The zero-order chi connectivity index (χ0) is 30.3. The number of imidazole rings is 1. The molecule has 2 aromatic heterocycles. The van der Waals surface area contributed by atoms with E-state index in [1.165, 1.54) is 17.7 Å². The van der Waals surface area contributed by atoms with Crippen LogP contribution in [0.25, 0.3) is 11.0 Å². The van der Waals surface area contributed by atoms with Crippen LogP contribution in [0.2, 0.25) is 0 Å². The van der Waals surface area contributed by atoms with Crippen LogP contribution in [0.15, 0.2) is 103 Å². The highest BCUT2D eigenvalue weighted by Gasteiger charge is 2.28. The number of fused-ring (bicyclic) bond motifs is 1. The number of carbonyl (C=O) groups is 1. The highest BCUT2D eigenvalue weighted by Crippen LogP contribution is 2.28. The lowest BCUT2D eigenvalue weighted by atomic mass is 9.93. The van der Waals surface area contributed by atoms with Gasteiger partial charge in [-0.25, -0.2) is 9.37 Å². The van der Waals surface area contributed by atoms with E-state index in [0.29, 0.717) is 18.2 Å². The van der Waals surface area contributed by atoms with Crippen molar-refractivity contribution >= 4 is 22.9 Å². The summed E-state index contributed by atoms with van der Waals surface area (Å²) in [6, 6.07) is 28.8. The lowest BCUT2D eigenvalue weighted by Gasteiger charge is -2.39. The number of aromatic amines is 1. The Labute approximate surface area is 258 Å². The number of benzene rings is 3. The Morgan fingerprint density at radius 3 is 2.39 bits per heavy atom. The van der Waals surface area contributed by atoms with Gasteiger partial charge < -0.3 is 19.7 Å². The maximum atomic E-state index is 13.8. The third kappa shape index (κ3) is 7.14. The van der Waals surface area contributed by atoms with Crippen LogP contribution >= 0.6 is 0 Å². The summed E-state index contributed by atoms with van der Waals surface area (Å²) in [5, 5.41) is 0. The number of nitrogens with zero attached hydrogens (tertiary/aromatic N) is 5. The van der Waals surface area contributed by atoms with Crippen molar-refractivity contribution in [2.75, 3.05) is 38.1 Å². The molecular formula is C36H39FN6O. The van der Waals surface area contributed by atoms with Crippen molar-refractivity contribution in [1.29, 1.82) is 0 Å². The van der Waals surface area contributed by atoms with Gasteiger partial charge in [-0.1, -0.05) is 42.5 Å². The summed E-state index contributed by atoms with van der Waals surface area (Å²) in [4.78, 5) is 32.5. The van der Waals surface area contributed by atoms with Crippen LogP contribution in [0.4, 0.5) is 10.3 Å². The first kappa shape index (κ1) is 29.5. The first-order chi connectivity index (χ1) is 21.5. The minimum atomic E-state index is -0.246. The summed E-state index contributed by atoms with van der Waals surface area (Å²) in [5.41, 5.74) is 4.96. The van der Waals surface area contributed by atoms with Crippen molar-refractivity contribution < 1.29 is 9.18 Å². The van der Waals surface area contributed by atoms with Gasteiger partial charge in [-0.2, -0.15) is 0 Å². The molecule has 3 heterocycles. The number of likely N-dealkylation sites (N-methyl/N-ethyl adjacent to an activating group) is 1. The molecule has 1 saturated heterocycles. The van der Waals surface area contributed by atoms with Gasteiger partial charge in [-0.3, -0.25) is 9.78 Å². The average molecular weight is 591 g/mol. The van der Waals surface area contributed by atoms with Gasteiger partial charge in [-0.15, -0.1) is 0 Å². The predicted octanol–water partition coefficient (Wildman–Crippen LogP) is 6.51. The van der Waals surface area contributed by atoms with Gasteiger partial charge in [0.2, 0.25) is 5.95 Å². The third-order valence-electron chi connectivity index (χ3n) is 8.75. The fourth-order valence-corrected chi connectivity index (χ4v) is 6.24. The molecule has 0 bridgehead atoms. The summed E-state index contributed by atoms with van der Waals surface area (Å²) in [5.74, 6) is 0.760. The number of H-pyrrole nitrogens is 1. The molecule has 1 N–H and O–H groups in total. The summed E-state index contributed by atoms with van der Waals surface area (Å²) >= 11 is 0. The van der Waals surface area contributed by atoms with Crippen LogP contribution in [0.5, 0.6) is 0 Å². The molecule has 1 aliphatic rings. The van der Waals surface area contributed by atoms with Crippen LogP contribution in [-0.4, -0.2) is 69.9 Å². The largest absolute Gasteiger partial charge is 0.341 e. The molecule has 6 rings (SSSR count). The maximum absolute atomic E-state index is 13.8. The Hall–Kier alpha value is -4.56. The molecule has 1 fully saturated rings. The molecule has 0 radical (unpaired) electrons. The summed E-state index contributed by atoms with van der Waals surface area (Å²) in [6.07, 6.45) is 6.62. The minimum absolute atomic E-state index is 0.00148. The number of piperidine rings is 1. The molecule has 226 valence electrons. The molecule has 3 aromatic carbocycles. The van der Waals surface area contributed by atoms with Crippen molar-refractivity contribution in [3.63, 3.8) is 0 Å². The molecule has 1 amide bonds. The Morgan fingerprint density at radius 2 is 1.66 bits per heavy atom. The van der Waals surface area contributed by atoms with Crippen molar-refractivity contribution in [3.8, 4) is 0 Å². The molecule has 0 spiro atoms. The molecule has 0 saturated carbocycles. The fourth-order valence-electron chi connectivity index (χ4n) is 6.24. The predicted molar refractivity (Wildman–Crippen MR) is 173 cm³/mol. The number of hydrogen-bond donors (Lipinski definition) is 1. The third-order valence-corrected chi connectivity index (χ3v) is 8.75. The second kappa shape index (κ2) is 13.8. The minimum Gasteiger partial charge on any atom is -0.341 e. The number of anilines is 1. The van der Waals surface area contributed by atoms with Crippen LogP contribution in [0.3, 0.4) is 0 Å². The average Bonchev–Trinajstić information content (AvgIpc) is 3.51. The van der Waals surface area contributed by atoms with Gasteiger partial charge in [-0.05, 0) is 85.5 Å². The molecular weight excluding hydrogens is 551 g/mol. The summed E-state index contributed by atoms with van der Waals surface area (Å²) < 4.78 is 13.8. The topological polar surface area (TPSA) is 68.4 Å². The number of amides is 1. The maximum Gasteiger partial charge on any atom is 0.253 e. The molecule has 1 aliphatic heterocycles. The molecule has 1 atom stereocenters. The summed E-state index contributed by atoms with van der Waals surface area (Å²) in [7, 11) is 1.85. The first-order valence-electron chi connectivity index (χ1n) is 15.4. The second-order valence-electron chi connectivity index (χ2n) is 11.7. The number of pyridine rings is 1. The van der Waals surface area contributed by atoms with E-state index >= 15 is 0 Å². The van der Waals surface area contributed by atoms with Crippen LogP contribution in [0, 0.1) is 5.82 Å². The van der Waals surface area contributed by atoms with Crippen molar-refractivity contribution in [1.82, 2.24) is 24.8 Å². The van der Waals surface area contributed by atoms with Crippen LogP contribution in [0.1, 0.15) is 46.7 Å². The smallest absolute Gasteiger partial charge is 0.253 e. The standard InChI is InChI=1S/C36H39FN6O/c1-41(35(44)29-7-3-2-4-8-29)26-30(28-11-13-31(37)14-12-28)17-22-42-23-18-32(19-24-42)43(25-27-15-20-38-21-16-27)36-39-33-9-5-6-10-34(33)40-36/h2-16,20-21,30,32H,17-19,22-26H2,1H3,(H,39,40). The van der Waals surface area contributed by atoms with Crippen LogP contribution in [-0.2, 0) is 6.54 Å². The Morgan fingerprint density at radius 1 is 0.955 bits per heavy atom. The van der Waals surface area contributed by atoms with Gasteiger partial charge >= 0.3 is 0 Å². The first-order valence-corrected chi connectivity index (χ1v) is 15.4. The zero-order valence-electron chi connectivity index (χ0n) is 25.1. The molecule has 44 heavy (non-hydrogen) atoms. The number of halogens is 1. The number of carbonyl (C=O) groups excluding carboxylic acids is 1. The van der Waals surface area contributed by atoms with E-state index in [4.69, 9.17) is 4.98 Å². The Balaban J connectivity index is 1.12. The van der Waals surface area contributed by atoms with Crippen molar-refractivity contribution in [2.45, 2.75) is 37.8 Å². The number of rotatable bonds is 11. The van der Waals surface area contributed by atoms with E-state index in [2.05, 4.69) is 38.0 Å². The fraction of sp³-hybridized carbons (Fsp3) is 0.306. The van der Waals surface area contributed by atoms with Crippen molar-refractivity contribution in [2.24, 2.45) is 0 Å². The molecule has 5 aromatic rings. The van der Waals surface area contributed by atoms with Crippen molar-refractivity contribution in [3.05, 3.63) is 126 Å². The van der Waals surface area contributed by atoms with Gasteiger partial charge in [0.1, 0.15) is 5.82 Å². The summed E-state index contributed by atoms with van der Waals surface area (Å²) in [6.45, 7) is 4.21. The quantitative estimate of drug-likeness (QED) is 0.190. The highest BCUT2D eigenvalue weighted by molar-refractivity contribution is 5.94. The van der Waals surface area contributed by atoms with Gasteiger partial charge in [0.25, 0.3) is 5.91 Å². The molecule has 0 aliphatic carbocycles. The normalized spacial score (nSPS) is 14.9. The van der Waals surface area contributed by atoms with Gasteiger partial charge in [0.15, 0.2) is 0 Å². The second-order valence-corrected chi connectivity index (χ2v) is 11.7. The number of likely N-dealkylation sites (tertiary alicyclic amines) is 1. The zero-order valence-corrected chi connectivity index (χ0v) is 25.1. The Bertz CT molecular complexity index is 1600. The number of aromatic nitrogens is 3.